The van der Waals surface area contributed by atoms with Gasteiger partial charge in [0.15, 0.2) is 0 Å². The van der Waals surface area contributed by atoms with E-state index in [2.05, 4.69) is 35.2 Å². The van der Waals surface area contributed by atoms with Gasteiger partial charge in [-0.15, -0.1) is 0 Å². The molecule has 2 aromatic rings. The summed E-state index contributed by atoms with van der Waals surface area (Å²) in [4.78, 5) is 16.8. The summed E-state index contributed by atoms with van der Waals surface area (Å²) in [5, 5.41) is 1.39. The minimum absolute atomic E-state index is 0.0893. The maximum Gasteiger partial charge on any atom is 0.248 e. The summed E-state index contributed by atoms with van der Waals surface area (Å²) in [6, 6.07) is 16.6. The molecule has 0 saturated carbocycles. The number of piperidine rings is 1. The molecule has 2 aliphatic heterocycles. The monoisotopic (exact) mass is 446 g/mol. The zero-order chi connectivity index (χ0) is 21.1. The summed E-state index contributed by atoms with van der Waals surface area (Å²) in [5.74, 6) is 0.538. The average molecular weight is 447 g/mol. The predicted octanol–water partition coefficient (Wildman–Crippen LogP) is 4.85. The Morgan fingerprint density at radius 2 is 1.87 bits per heavy atom. The van der Waals surface area contributed by atoms with E-state index in [-0.39, 0.29) is 17.9 Å². The smallest absolute Gasteiger partial charge is 0.248 e. The van der Waals surface area contributed by atoms with E-state index < -0.39 is 0 Å². The molecular formula is C24H28Cl2N2O2. The Morgan fingerprint density at radius 3 is 2.53 bits per heavy atom. The lowest BCUT2D eigenvalue weighted by atomic mass is 9.68. The van der Waals surface area contributed by atoms with Crippen LogP contribution in [-0.2, 0) is 16.1 Å². The average Bonchev–Trinajstić information content (AvgIpc) is 3.09. The summed E-state index contributed by atoms with van der Waals surface area (Å²) < 4.78 is 5.05. The number of methoxy groups -OCH3 is 1. The van der Waals surface area contributed by atoms with Gasteiger partial charge in [-0.25, -0.2) is 0 Å². The number of likely N-dealkylation sites (tertiary alicyclic amines) is 2. The largest absolute Gasteiger partial charge is 0.375 e. The summed E-state index contributed by atoms with van der Waals surface area (Å²) in [6.07, 6.45) is 2.01. The third-order valence-electron chi connectivity index (χ3n) is 6.71. The van der Waals surface area contributed by atoms with Crippen molar-refractivity contribution >= 4 is 29.1 Å². The van der Waals surface area contributed by atoms with Crippen LogP contribution in [0.2, 0.25) is 10.0 Å². The lowest BCUT2D eigenvalue weighted by Gasteiger charge is -2.43. The first kappa shape index (κ1) is 21.6. The molecule has 0 bridgehead atoms. The van der Waals surface area contributed by atoms with Crippen molar-refractivity contribution in [3.63, 3.8) is 0 Å². The van der Waals surface area contributed by atoms with E-state index in [1.54, 1.807) is 7.11 Å². The highest BCUT2D eigenvalue weighted by atomic mass is 35.5. The number of halogens is 2. The van der Waals surface area contributed by atoms with E-state index in [0.29, 0.717) is 10.9 Å². The first-order chi connectivity index (χ1) is 14.5. The molecule has 1 atom stereocenters. The van der Waals surface area contributed by atoms with Crippen molar-refractivity contribution in [2.24, 2.45) is 5.41 Å². The molecule has 0 aromatic heterocycles. The predicted molar refractivity (Wildman–Crippen MR) is 121 cm³/mol. The number of amides is 1. The van der Waals surface area contributed by atoms with Crippen LogP contribution in [0.15, 0.2) is 48.5 Å². The summed E-state index contributed by atoms with van der Waals surface area (Å²) in [7, 11) is 1.57. The number of carbonyl (C=O) groups excluding carboxylic acids is 1. The third-order valence-corrected chi connectivity index (χ3v) is 7.30. The molecule has 1 spiro atoms. The van der Waals surface area contributed by atoms with Gasteiger partial charge >= 0.3 is 0 Å². The van der Waals surface area contributed by atoms with Crippen molar-refractivity contribution in [1.29, 1.82) is 0 Å². The summed E-state index contributed by atoms with van der Waals surface area (Å²) >= 11 is 12.5. The maximum absolute atomic E-state index is 12.3. The molecule has 2 aromatic carbocycles. The Bertz CT molecular complexity index is 882. The van der Waals surface area contributed by atoms with Gasteiger partial charge in [0, 0.05) is 55.8 Å². The molecule has 2 saturated heterocycles. The Labute approximate surface area is 188 Å². The van der Waals surface area contributed by atoms with Crippen LogP contribution in [0.1, 0.15) is 29.9 Å². The molecule has 0 aliphatic carbocycles. The van der Waals surface area contributed by atoms with Crippen LogP contribution in [-0.4, -0.2) is 55.6 Å². The molecular weight excluding hydrogens is 419 g/mol. The molecule has 0 N–H and O–H groups in total. The molecule has 160 valence electrons. The Balaban J connectivity index is 1.54. The van der Waals surface area contributed by atoms with Crippen molar-refractivity contribution in [3.05, 3.63) is 69.7 Å². The lowest BCUT2D eigenvalue weighted by molar-refractivity contribution is -0.137. The Hall–Kier alpha value is -1.59. The number of carbonyl (C=O) groups is 1. The van der Waals surface area contributed by atoms with Gasteiger partial charge in [0.25, 0.3) is 0 Å². The first-order valence-electron chi connectivity index (χ1n) is 10.5. The van der Waals surface area contributed by atoms with Gasteiger partial charge in [-0.1, -0.05) is 59.6 Å². The van der Waals surface area contributed by atoms with Gasteiger partial charge in [-0.05, 0) is 41.5 Å². The van der Waals surface area contributed by atoms with Crippen molar-refractivity contribution in [2.75, 3.05) is 39.9 Å². The zero-order valence-corrected chi connectivity index (χ0v) is 18.8. The van der Waals surface area contributed by atoms with Gasteiger partial charge < -0.3 is 9.64 Å². The van der Waals surface area contributed by atoms with Crippen LogP contribution >= 0.6 is 23.2 Å². The van der Waals surface area contributed by atoms with Crippen molar-refractivity contribution in [3.8, 4) is 0 Å². The number of nitrogens with zero attached hydrogens (tertiary/aromatic N) is 2. The number of hydrogen-bond acceptors (Lipinski definition) is 3. The van der Waals surface area contributed by atoms with E-state index in [0.717, 1.165) is 56.2 Å². The van der Waals surface area contributed by atoms with E-state index in [1.165, 1.54) is 5.56 Å². The molecule has 4 rings (SSSR count). The Morgan fingerprint density at radius 1 is 1.13 bits per heavy atom. The SMILES string of the molecule is COCC(=O)N1CCC2(CC1)CN(Cc1ccc(Cl)cc1Cl)C[C@@H]2c1ccccc1. The third kappa shape index (κ3) is 4.52. The lowest BCUT2D eigenvalue weighted by Crippen LogP contribution is -2.47. The summed E-state index contributed by atoms with van der Waals surface area (Å²) in [5.41, 5.74) is 2.67. The van der Waals surface area contributed by atoms with Crippen LogP contribution in [0.3, 0.4) is 0 Å². The van der Waals surface area contributed by atoms with Gasteiger partial charge in [0.1, 0.15) is 6.61 Å². The highest BCUT2D eigenvalue weighted by molar-refractivity contribution is 6.35. The number of ether oxygens (including phenoxy) is 1. The van der Waals surface area contributed by atoms with E-state index in [1.807, 2.05) is 23.1 Å². The standard InChI is InChI=1S/C24H28Cl2N2O2/c1-30-16-23(29)28-11-9-24(10-12-28)17-27(14-19-7-8-20(25)13-22(19)26)15-21(24)18-5-3-2-4-6-18/h2-8,13,21H,9-12,14-17H2,1H3/t21-/m1/s1. The second-order valence-corrected chi connectivity index (χ2v) is 9.39. The van der Waals surface area contributed by atoms with E-state index in [9.17, 15) is 4.79 Å². The molecule has 2 aliphatic rings. The van der Waals surface area contributed by atoms with Gasteiger partial charge in [-0.3, -0.25) is 9.69 Å². The van der Waals surface area contributed by atoms with Crippen LogP contribution in [0.25, 0.3) is 0 Å². The van der Waals surface area contributed by atoms with Crippen LogP contribution in [0.4, 0.5) is 0 Å². The maximum atomic E-state index is 12.3. The minimum Gasteiger partial charge on any atom is -0.375 e. The topological polar surface area (TPSA) is 32.8 Å². The number of rotatable bonds is 5. The fourth-order valence-corrected chi connectivity index (χ4v) is 5.62. The number of hydrogen-bond donors (Lipinski definition) is 0. The second-order valence-electron chi connectivity index (χ2n) is 8.54. The van der Waals surface area contributed by atoms with Crippen LogP contribution < -0.4 is 0 Å². The van der Waals surface area contributed by atoms with Crippen molar-refractivity contribution in [1.82, 2.24) is 9.80 Å². The van der Waals surface area contributed by atoms with Gasteiger partial charge in [0.05, 0.1) is 0 Å². The molecule has 4 nitrogen and oxygen atoms in total. The normalized spacial score (nSPS) is 21.3. The molecule has 30 heavy (non-hydrogen) atoms. The molecule has 2 heterocycles. The second kappa shape index (κ2) is 9.27. The summed E-state index contributed by atoms with van der Waals surface area (Å²) in [6.45, 7) is 4.57. The highest BCUT2D eigenvalue weighted by Gasteiger charge is 2.48. The molecule has 0 radical (unpaired) electrons. The van der Waals surface area contributed by atoms with Crippen molar-refractivity contribution in [2.45, 2.75) is 25.3 Å². The van der Waals surface area contributed by atoms with E-state index in [4.69, 9.17) is 27.9 Å². The molecule has 6 heteroatoms. The highest BCUT2D eigenvalue weighted by Crippen LogP contribution is 2.50. The fraction of sp³-hybridized carbons (Fsp3) is 0.458. The molecule has 1 amide bonds. The Kier molecular flexibility index (Phi) is 6.69. The number of benzene rings is 2. The molecule has 2 fully saturated rings. The van der Waals surface area contributed by atoms with E-state index >= 15 is 0 Å². The van der Waals surface area contributed by atoms with Crippen LogP contribution in [0, 0.1) is 5.41 Å². The quantitative estimate of drug-likeness (QED) is 0.657. The van der Waals surface area contributed by atoms with Gasteiger partial charge in [0.2, 0.25) is 5.91 Å². The van der Waals surface area contributed by atoms with Crippen LogP contribution in [0.5, 0.6) is 0 Å². The first-order valence-corrected chi connectivity index (χ1v) is 11.2. The molecule has 0 unspecified atom stereocenters. The van der Waals surface area contributed by atoms with Crippen molar-refractivity contribution < 1.29 is 9.53 Å². The minimum atomic E-state index is 0.0893. The fourth-order valence-electron chi connectivity index (χ4n) is 5.15. The zero-order valence-electron chi connectivity index (χ0n) is 17.3. The van der Waals surface area contributed by atoms with Gasteiger partial charge in [-0.2, -0.15) is 0 Å².